The molecule has 0 bridgehead atoms. The summed E-state index contributed by atoms with van der Waals surface area (Å²) >= 11 is 0. The van der Waals surface area contributed by atoms with Gasteiger partial charge in [-0.1, -0.05) is 6.07 Å². The van der Waals surface area contributed by atoms with Crippen molar-refractivity contribution < 1.29 is 9.13 Å². The minimum absolute atomic E-state index is 0.350. The van der Waals surface area contributed by atoms with Crippen LogP contribution in [0.4, 0.5) is 4.39 Å². The van der Waals surface area contributed by atoms with Gasteiger partial charge in [-0.2, -0.15) is 14.8 Å². The summed E-state index contributed by atoms with van der Waals surface area (Å²) in [5.74, 6) is -1.03. The molecule has 1 unspecified atom stereocenters. The molecule has 3 aromatic rings. The van der Waals surface area contributed by atoms with Crippen molar-refractivity contribution in [1.29, 1.82) is 5.26 Å². The van der Waals surface area contributed by atoms with Gasteiger partial charge < -0.3 is 9.64 Å². The molecular weight excluding hydrogens is 395 g/mol. The third-order valence-electron chi connectivity index (χ3n) is 5.83. The Bertz CT molecular complexity index is 1340. The maximum absolute atomic E-state index is 13.3. The van der Waals surface area contributed by atoms with Crippen LogP contribution in [-0.2, 0) is 4.74 Å². The number of pyridine rings is 1. The number of fused-ring (bicyclic) bond motifs is 2. The minimum atomic E-state index is -0.557. The SMILES string of the molecule is [C-]#[N+]C1=C(C)N2CCOCC2=C(C#N)C1c1ccc2[nH]nc(-c3ccc(F)nc3)c2c1. The van der Waals surface area contributed by atoms with Crippen LogP contribution in [0.25, 0.3) is 27.0 Å². The summed E-state index contributed by atoms with van der Waals surface area (Å²) in [6.45, 7) is 11.3. The number of H-pyrrole nitrogens is 1. The van der Waals surface area contributed by atoms with Crippen molar-refractivity contribution in [2.75, 3.05) is 19.8 Å². The van der Waals surface area contributed by atoms with E-state index in [0.717, 1.165) is 27.9 Å². The van der Waals surface area contributed by atoms with Gasteiger partial charge in [-0.05, 0) is 36.8 Å². The molecule has 0 amide bonds. The molecule has 1 N–H and O–H groups in total. The number of halogens is 1. The monoisotopic (exact) mass is 412 g/mol. The number of morpholine rings is 1. The molecular formula is C23H17FN6O. The van der Waals surface area contributed by atoms with Gasteiger partial charge in [-0.25, -0.2) is 9.83 Å². The Hall–Kier alpha value is -4.01. The number of allylic oxidation sites excluding steroid dienone is 2. The first kappa shape index (κ1) is 19.0. The summed E-state index contributed by atoms with van der Waals surface area (Å²) < 4.78 is 18.9. The van der Waals surface area contributed by atoms with E-state index >= 15 is 0 Å². The van der Waals surface area contributed by atoms with E-state index in [0.29, 0.717) is 42.3 Å². The maximum Gasteiger partial charge on any atom is 0.212 e. The zero-order chi connectivity index (χ0) is 21.5. The molecule has 1 atom stereocenters. The van der Waals surface area contributed by atoms with Crippen LogP contribution < -0.4 is 0 Å². The molecule has 152 valence electrons. The Labute approximate surface area is 177 Å². The van der Waals surface area contributed by atoms with Crippen LogP contribution in [0, 0.1) is 23.9 Å². The molecule has 0 aliphatic carbocycles. The minimum Gasteiger partial charge on any atom is -0.373 e. The normalized spacial score (nSPS) is 18.7. The van der Waals surface area contributed by atoms with Gasteiger partial charge in [0.05, 0.1) is 48.6 Å². The number of nitriles is 1. The fraction of sp³-hybridized carbons (Fsp3) is 0.217. The van der Waals surface area contributed by atoms with Crippen molar-refractivity contribution in [2.24, 2.45) is 0 Å². The molecule has 0 spiro atoms. The fourth-order valence-electron chi connectivity index (χ4n) is 4.33. The summed E-state index contributed by atoms with van der Waals surface area (Å²) in [6.07, 6.45) is 1.44. The van der Waals surface area contributed by atoms with Crippen LogP contribution in [0.3, 0.4) is 0 Å². The van der Waals surface area contributed by atoms with Gasteiger partial charge in [0.15, 0.2) is 5.70 Å². The Balaban J connectivity index is 1.69. The van der Waals surface area contributed by atoms with Crippen molar-refractivity contribution in [3.05, 3.63) is 82.1 Å². The molecule has 0 saturated carbocycles. The second kappa shape index (κ2) is 7.35. The van der Waals surface area contributed by atoms with Crippen LogP contribution >= 0.6 is 0 Å². The van der Waals surface area contributed by atoms with E-state index in [1.807, 2.05) is 30.0 Å². The molecule has 5 rings (SSSR count). The highest BCUT2D eigenvalue weighted by Gasteiger charge is 2.36. The Morgan fingerprint density at radius 3 is 2.97 bits per heavy atom. The molecule has 7 nitrogen and oxygen atoms in total. The summed E-state index contributed by atoms with van der Waals surface area (Å²) in [4.78, 5) is 9.57. The number of rotatable bonds is 2. The molecule has 4 heterocycles. The Morgan fingerprint density at radius 2 is 2.23 bits per heavy atom. The highest BCUT2D eigenvalue weighted by atomic mass is 19.1. The van der Waals surface area contributed by atoms with E-state index in [2.05, 4.69) is 26.1 Å². The molecule has 1 fully saturated rings. The zero-order valence-corrected chi connectivity index (χ0v) is 16.7. The summed E-state index contributed by atoms with van der Waals surface area (Å²) in [5, 5.41) is 18.2. The predicted molar refractivity (Wildman–Crippen MR) is 111 cm³/mol. The summed E-state index contributed by atoms with van der Waals surface area (Å²) in [5.41, 5.74) is 5.68. The van der Waals surface area contributed by atoms with Crippen LogP contribution in [0.1, 0.15) is 18.4 Å². The number of benzene rings is 1. The van der Waals surface area contributed by atoms with Gasteiger partial charge in [0.1, 0.15) is 5.69 Å². The lowest BCUT2D eigenvalue weighted by molar-refractivity contribution is 0.0835. The fourth-order valence-corrected chi connectivity index (χ4v) is 4.33. The van der Waals surface area contributed by atoms with E-state index < -0.39 is 11.9 Å². The van der Waals surface area contributed by atoms with Gasteiger partial charge in [-0.3, -0.25) is 5.10 Å². The largest absolute Gasteiger partial charge is 0.373 e. The molecule has 2 aliphatic rings. The highest BCUT2D eigenvalue weighted by Crippen LogP contribution is 2.44. The standard InChI is InChI=1S/C23H17FN6O/c1-13-22(26-2)21(17(10-25)19-12-31-8-7-30(13)19)14-3-5-18-16(9-14)23(29-28-18)15-4-6-20(24)27-11-15/h3-6,9,11,21H,7-8,12H2,1H3,(H,28,29). The highest BCUT2D eigenvalue weighted by molar-refractivity contribution is 5.93. The van der Waals surface area contributed by atoms with Crippen molar-refractivity contribution in [3.8, 4) is 17.3 Å². The number of hydrogen-bond donors (Lipinski definition) is 1. The Morgan fingerprint density at radius 1 is 1.35 bits per heavy atom. The number of aromatic nitrogens is 3. The maximum atomic E-state index is 13.3. The van der Waals surface area contributed by atoms with Crippen LogP contribution in [0.5, 0.6) is 0 Å². The summed E-state index contributed by atoms with van der Waals surface area (Å²) in [6, 6.07) is 11.0. The number of nitrogens with one attached hydrogen (secondary N) is 1. The third-order valence-corrected chi connectivity index (χ3v) is 5.83. The Kier molecular flexibility index (Phi) is 4.50. The van der Waals surface area contributed by atoms with Gasteiger partial charge >= 0.3 is 0 Å². The van der Waals surface area contributed by atoms with Crippen LogP contribution in [0.15, 0.2) is 59.2 Å². The average Bonchev–Trinajstić information content (AvgIpc) is 3.23. The average molecular weight is 412 g/mol. The van der Waals surface area contributed by atoms with E-state index in [1.165, 1.54) is 12.3 Å². The third kappa shape index (κ3) is 2.97. The van der Waals surface area contributed by atoms with Crippen molar-refractivity contribution >= 4 is 10.9 Å². The molecule has 2 aromatic heterocycles. The first-order chi connectivity index (χ1) is 15.1. The van der Waals surface area contributed by atoms with E-state index in [9.17, 15) is 9.65 Å². The summed E-state index contributed by atoms with van der Waals surface area (Å²) in [7, 11) is 0. The van der Waals surface area contributed by atoms with E-state index in [1.54, 1.807) is 6.07 Å². The lowest BCUT2D eigenvalue weighted by Gasteiger charge is -2.39. The predicted octanol–water partition coefficient (Wildman–Crippen LogP) is 4.12. The molecule has 31 heavy (non-hydrogen) atoms. The second-order valence-electron chi connectivity index (χ2n) is 7.44. The van der Waals surface area contributed by atoms with E-state index in [-0.39, 0.29) is 0 Å². The van der Waals surface area contributed by atoms with Crippen molar-refractivity contribution in [1.82, 2.24) is 20.1 Å². The van der Waals surface area contributed by atoms with Gasteiger partial charge in [0.25, 0.3) is 0 Å². The first-order valence-electron chi connectivity index (χ1n) is 9.79. The van der Waals surface area contributed by atoms with Crippen LogP contribution in [-0.4, -0.2) is 39.8 Å². The second-order valence-corrected chi connectivity index (χ2v) is 7.44. The van der Waals surface area contributed by atoms with Gasteiger partial charge in [0, 0.05) is 29.4 Å². The quantitative estimate of drug-likeness (QED) is 0.506. The van der Waals surface area contributed by atoms with Crippen molar-refractivity contribution in [3.63, 3.8) is 0 Å². The van der Waals surface area contributed by atoms with Crippen molar-refractivity contribution in [2.45, 2.75) is 12.8 Å². The lowest BCUT2D eigenvalue weighted by atomic mass is 9.83. The lowest BCUT2D eigenvalue weighted by Crippen LogP contribution is -2.38. The topological polar surface area (TPSA) is 82.2 Å². The van der Waals surface area contributed by atoms with Crippen LogP contribution in [0.2, 0.25) is 0 Å². The van der Waals surface area contributed by atoms with E-state index in [4.69, 9.17) is 11.3 Å². The molecule has 0 radical (unpaired) electrons. The molecule has 2 aliphatic heterocycles. The molecule has 8 heteroatoms. The zero-order valence-electron chi connectivity index (χ0n) is 16.7. The molecule has 1 saturated heterocycles. The smallest absolute Gasteiger partial charge is 0.212 e. The van der Waals surface area contributed by atoms with Gasteiger partial charge in [0.2, 0.25) is 5.95 Å². The number of ether oxygens (including phenoxy) is 1. The number of nitrogens with zero attached hydrogens (tertiary/aromatic N) is 5. The number of hydrogen-bond acceptors (Lipinski definition) is 5. The van der Waals surface area contributed by atoms with Gasteiger partial charge in [-0.15, -0.1) is 0 Å². The number of aromatic amines is 1. The first-order valence-corrected chi connectivity index (χ1v) is 9.79. The molecule has 1 aromatic carbocycles.